The summed E-state index contributed by atoms with van der Waals surface area (Å²) in [4.78, 5) is 11.5. The lowest BCUT2D eigenvalue weighted by atomic mass is 10.0. The summed E-state index contributed by atoms with van der Waals surface area (Å²) in [5.74, 6) is 0.460. The summed E-state index contributed by atoms with van der Waals surface area (Å²) in [5, 5.41) is 7.52. The monoisotopic (exact) mass is 314 g/mol. The van der Waals surface area contributed by atoms with Crippen molar-refractivity contribution in [2.45, 2.75) is 32.2 Å². The van der Waals surface area contributed by atoms with Crippen LogP contribution in [0.3, 0.4) is 0 Å². The molecule has 0 aliphatic heterocycles. The molecular formula is C15H20Cl2N2O. The number of benzene rings is 1. The highest BCUT2D eigenvalue weighted by molar-refractivity contribution is 6.42. The Hall–Kier alpha value is -0.770. The number of hydrogen-bond donors (Lipinski definition) is 2. The van der Waals surface area contributed by atoms with Crippen LogP contribution in [0.5, 0.6) is 0 Å². The van der Waals surface area contributed by atoms with E-state index in [1.165, 1.54) is 0 Å². The maximum Gasteiger partial charge on any atom is 0.223 e. The molecule has 0 bridgehead atoms. The summed E-state index contributed by atoms with van der Waals surface area (Å²) in [6.45, 7) is 3.52. The number of carbonyl (C=O) groups excluding carboxylic acids is 1. The van der Waals surface area contributed by atoms with Crippen LogP contribution in [0.25, 0.3) is 0 Å². The summed E-state index contributed by atoms with van der Waals surface area (Å²) in [6.07, 6.45) is 3.04. The van der Waals surface area contributed by atoms with Crippen molar-refractivity contribution in [2.24, 2.45) is 5.92 Å². The predicted molar refractivity (Wildman–Crippen MR) is 83.2 cm³/mol. The van der Waals surface area contributed by atoms with E-state index in [9.17, 15) is 4.79 Å². The van der Waals surface area contributed by atoms with E-state index >= 15 is 0 Å². The lowest BCUT2D eigenvalue weighted by Crippen LogP contribution is -2.34. The van der Waals surface area contributed by atoms with E-state index in [0.717, 1.165) is 31.4 Å². The van der Waals surface area contributed by atoms with E-state index in [-0.39, 0.29) is 17.9 Å². The van der Waals surface area contributed by atoms with Gasteiger partial charge in [0.25, 0.3) is 0 Å². The van der Waals surface area contributed by atoms with Crippen LogP contribution < -0.4 is 10.6 Å². The standard InChI is InChI=1S/C15H20Cl2N2O/c1-2-14(11-5-6-12(16)13(17)9-11)18-7-8-19-15(20)10-3-4-10/h5-6,9-10,14,18H,2-4,7-8H2,1H3,(H,19,20). The van der Waals surface area contributed by atoms with Gasteiger partial charge in [-0.1, -0.05) is 36.2 Å². The first-order valence-corrected chi connectivity index (χ1v) is 7.83. The van der Waals surface area contributed by atoms with E-state index < -0.39 is 0 Å². The third kappa shape index (κ3) is 4.37. The summed E-state index contributed by atoms with van der Waals surface area (Å²) in [7, 11) is 0. The molecule has 110 valence electrons. The third-order valence-corrected chi connectivity index (χ3v) is 4.26. The molecule has 0 spiro atoms. The second-order valence-corrected chi connectivity index (χ2v) is 5.97. The van der Waals surface area contributed by atoms with Crippen LogP contribution in [0.1, 0.15) is 37.8 Å². The van der Waals surface area contributed by atoms with Gasteiger partial charge in [-0.2, -0.15) is 0 Å². The lowest BCUT2D eigenvalue weighted by Gasteiger charge is -2.18. The highest BCUT2D eigenvalue weighted by atomic mass is 35.5. The Bertz CT molecular complexity index is 475. The molecule has 1 fully saturated rings. The van der Waals surface area contributed by atoms with Gasteiger partial charge in [0.1, 0.15) is 0 Å². The van der Waals surface area contributed by atoms with Crippen LogP contribution in [0.15, 0.2) is 18.2 Å². The molecule has 0 saturated heterocycles. The van der Waals surface area contributed by atoms with Gasteiger partial charge < -0.3 is 10.6 Å². The molecule has 1 aromatic rings. The molecular weight excluding hydrogens is 295 g/mol. The Morgan fingerprint density at radius 1 is 1.30 bits per heavy atom. The Morgan fingerprint density at radius 3 is 2.65 bits per heavy atom. The average molecular weight is 315 g/mol. The van der Waals surface area contributed by atoms with E-state index in [2.05, 4.69) is 17.6 Å². The molecule has 2 N–H and O–H groups in total. The van der Waals surface area contributed by atoms with Crippen LogP contribution in [0, 0.1) is 5.92 Å². The zero-order valence-corrected chi connectivity index (χ0v) is 13.1. The molecule has 0 aromatic heterocycles. The number of amides is 1. The quantitative estimate of drug-likeness (QED) is 0.755. The van der Waals surface area contributed by atoms with Gasteiger partial charge >= 0.3 is 0 Å². The van der Waals surface area contributed by atoms with E-state index in [1.54, 1.807) is 0 Å². The van der Waals surface area contributed by atoms with Crippen molar-refractivity contribution in [1.82, 2.24) is 10.6 Å². The fourth-order valence-electron chi connectivity index (χ4n) is 2.15. The van der Waals surface area contributed by atoms with Crippen LogP contribution in [0.4, 0.5) is 0 Å². The molecule has 1 atom stereocenters. The summed E-state index contributed by atoms with van der Waals surface area (Å²) >= 11 is 12.0. The van der Waals surface area contributed by atoms with Crippen molar-refractivity contribution in [3.8, 4) is 0 Å². The molecule has 20 heavy (non-hydrogen) atoms. The van der Waals surface area contributed by atoms with Gasteiger partial charge in [-0.15, -0.1) is 0 Å². The fourth-order valence-corrected chi connectivity index (χ4v) is 2.46. The van der Waals surface area contributed by atoms with Crippen LogP contribution in [0.2, 0.25) is 10.0 Å². The minimum atomic E-state index is 0.189. The van der Waals surface area contributed by atoms with Crippen LogP contribution >= 0.6 is 23.2 Å². The smallest absolute Gasteiger partial charge is 0.223 e. The van der Waals surface area contributed by atoms with Crippen molar-refractivity contribution in [3.63, 3.8) is 0 Å². The Morgan fingerprint density at radius 2 is 2.05 bits per heavy atom. The van der Waals surface area contributed by atoms with Gasteiger partial charge in [-0.3, -0.25) is 4.79 Å². The fraction of sp³-hybridized carbons (Fsp3) is 0.533. The first-order chi connectivity index (χ1) is 9.61. The van der Waals surface area contributed by atoms with E-state index in [0.29, 0.717) is 16.6 Å². The second kappa shape index (κ2) is 7.30. The number of rotatable bonds is 7. The molecule has 2 rings (SSSR count). The summed E-state index contributed by atoms with van der Waals surface area (Å²) in [5.41, 5.74) is 1.12. The maximum atomic E-state index is 11.5. The molecule has 1 aliphatic rings. The van der Waals surface area contributed by atoms with Crippen molar-refractivity contribution in [1.29, 1.82) is 0 Å². The molecule has 1 aromatic carbocycles. The first-order valence-electron chi connectivity index (χ1n) is 7.08. The van der Waals surface area contributed by atoms with Gasteiger partial charge in [-0.05, 0) is 37.0 Å². The van der Waals surface area contributed by atoms with Gasteiger partial charge in [-0.25, -0.2) is 0 Å². The molecule has 0 radical (unpaired) electrons. The molecule has 5 heteroatoms. The molecule has 1 unspecified atom stereocenters. The summed E-state index contributed by atoms with van der Waals surface area (Å²) in [6, 6.07) is 5.92. The SMILES string of the molecule is CCC(NCCNC(=O)C1CC1)c1ccc(Cl)c(Cl)c1. The van der Waals surface area contributed by atoms with Crippen molar-refractivity contribution < 1.29 is 4.79 Å². The van der Waals surface area contributed by atoms with Crippen LogP contribution in [-0.4, -0.2) is 19.0 Å². The number of halogens is 2. The van der Waals surface area contributed by atoms with Gasteiger partial charge in [0.15, 0.2) is 0 Å². The number of hydrogen-bond acceptors (Lipinski definition) is 2. The minimum Gasteiger partial charge on any atom is -0.355 e. The highest BCUT2D eigenvalue weighted by Crippen LogP contribution is 2.28. The van der Waals surface area contributed by atoms with Gasteiger partial charge in [0, 0.05) is 25.0 Å². The van der Waals surface area contributed by atoms with Gasteiger partial charge in [0.05, 0.1) is 10.0 Å². The largest absolute Gasteiger partial charge is 0.355 e. The summed E-state index contributed by atoms with van der Waals surface area (Å²) < 4.78 is 0. The Kier molecular flexibility index (Phi) is 5.70. The predicted octanol–water partition coefficient (Wildman–Crippen LogP) is 3.56. The lowest BCUT2D eigenvalue weighted by molar-refractivity contribution is -0.122. The zero-order chi connectivity index (χ0) is 14.5. The Balaban J connectivity index is 1.79. The highest BCUT2D eigenvalue weighted by Gasteiger charge is 2.28. The minimum absolute atomic E-state index is 0.189. The molecule has 3 nitrogen and oxygen atoms in total. The first kappa shape index (κ1) is 15.6. The van der Waals surface area contributed by atoms with E-state index in [4.69, 9.17) is 23.2 Å². The molecule has 1 amide bonds. The topological polar surface area (TPSA) is 41.1 Å². The van der Waals surface area contributed by atoms with Crippen molar-refractivity contribution >= 4 is 29.1 Å². The maximum absolute atomic E-state index is 11.5. The molecule has 1 aliphatic carbocycles. The van der Waals surface area contributed by atoms with E-state index in [1.807, 2.05) is 18.2 Å². The van der Waals surface area contributed by atoms with Crippen LogP contribution in [-0.2, 0) is 4.79 Å². The van der Waals surface area contributed by atoms with Gasteiger partial charge in [0.2, 0.25) is 5.91 Å². The van der Waals surface area contributed by atoms with Crippen molar-refractivity contribution in [3.05, 3.63) is 33.8 Å². The number of carbonyl (C=O) groups is 1. The number of nitrogens with one attached hydrogen (secondary N) is 2. The zero-order valence-electron chi connectivity index (χ0n) is 11.6. The normalized spacial score (nSPS) is 15.9. The molecule has 0 heterocycles. The average Bonchev–Trinajstić information content (AvgIpc) is 3.26. The molecule has 1 saturated carbocycles. The van der Waals surface area contributed by atoms with Crippen molar-refractivity contribution in [2.75, 3.05) is 13.1 Å². The third-order valence-electron chi connectivity index (χ3n) is 3.52. The Labute approximate surface area is 130 Å². The second-order valence-electron chi connectivity index (χ2n) is 5.15.